The van der Waals surface area contributed by atoms with Crippen LogP contribution in [0.4, 0.5) is 0 Å². The molecule has 0 saturated heterocycles. The molecule has 5 aromatic rings. The van der Waals surface area contributed by atoms with E-state index in [-0.39, 0.29) is 23.6 Å². The number of nitrogens with zero attached hydrogens (tertiary/aromatic N) is 4. The smallest absolute Gasteiger partial charge is 0.263 e. The van der Waals surface area contributed by atoms with E-state index >= 15 is 0 Å². The van der Waals surface area contributed by atoms with Crippen molar-refractivity contribution in [3.05, 3.63) is 99.8 Å². The number of hydrogen-bond donors (Lipinski definition) is 0. The Balaban J connectivity index is 1.53. The molecule has 0 aliphatic rings. The molecule has 36 heavy (non-hydrogen) atoms. The minimum Gasteiger partial charge on any atom is -0.496 e. The van der Waals surface area contributed by atoms with Gasteiger partial charge >= 0.3 is 0 Å². The van der Waals surface area contributed by atoms with Gasteiger partial charge in [0.15, 0.2) is 10.9 Å². The third-order valence-corrected chi connectivity index (χ3v) is 7.16. The SMILES string of the molecule is COc1ccccc1Cn1c(=O)c2ccccc2n2c(SCC(=O)c3ccc(C(C)C)cc3)nnc12. The predicted octanol–water partition coefficient (Wildman–Crippen LogP) is 5.20. The molecule has 2 aromatic heterocycles. The van der Waals surface area contributed by atoms with Crippen molar-refractivity contribution in [3.63, 3.8) is 0 Å². The van der Waals surface area contributed by atoms with Gasteiger partial charge in [0.2, 0.25) is 5.78 Å². The zero-order valence-electron chi connectivity index (χ0n) is 20.3. The molecule has 0 bridgehead atoms. The van der Waals surface area contributed by atoms with Crippen molar-refractivity contribution in [2.24, 2.45) is 0 Å². The van der Waals surface area contributed by atoms with Crippen LogP contribution in [-0.4, -0.2) is 37.8 Å². The van der Waals surface area contributed by atoms with Gasteiger partial charge in [-0.15, -0.1) is 10.2 Å². The van der Waals surface area contributed by atoms with Crippen LogP contribution in [0.1, 0.15) is 41.3 Å². The average molecular weight is 499 g/mol. The molecule has 7 nitrogen and oxygen atoms in total. The Hall–Kier alpha value is -3.91. The third-order valence-electron chi connectivity index (χ3n) is 6.23. The summed E-state index contributed by atoms with van der Waals surface area (Å²) in [5.74, 6) is 1.74. The normalized spacial score (nSPS) is 11.4. The second kappa shape index (κ2) is 9.99. The summed E-state index contributed by atoms with van der Waals surface area (Å²) >= 11 is 1.31. The molecule has 0 saturated carbocycles. The summed E-state index contributed by atoms with van der Waals surface area (Å²) in [6.45, 7) is 4.53. The van der Waals surface area contributed by atoms with Crippen molar-refractivity contribution in [2.75, 3.05) is 12.9 Å². The van der Waals surface area contributed by atoms with Crippen LogP contribution in [0.25, 0.3) is 16.7 Å². The minimum atomic E-state index is -0.158. The summed E-state index contributed by atoms with van der Waals surface area (Å²) in [5, 5.41) is 9.84. The monoisotopic (exact) mass is 498 g/mol. The number of methoxy groups -OCH3 is 1. The number of hydrogen-bond acceptors (Lipinski definition) is 6. The highest BCUT2D eigenvalue weighted by atomic mass is 32.2. The van der Waals surface area contributed by atoms with E-state index in [0.29, 0.717) is 39.1 Å². The molecule has 0 aliphatic carbocycles. The Morgan fingerprint density at radius 2 is 1.69 bits per heavy atom. The van der Waals surface area contributed by atoms with E-state index in [0.717, 1.165) is 5.56 Å². The second-order valence-corrected chi connectivity index (χ2v) is 9.77. The molecule has 0 aliphatic heterocycles. The van der Waals surface area contributed by atoms with E-state index in [2.05, 4.69) is 24.0 Å². The number of ketones is 1. The molecule has 0 fully saturated rings. The lowest BCUT2D eigenvalue weighted by molar-refractivity contribution is 0.102. The third kappa shape index (κ3) is 4.40. The van der Waals surface area contributed by atoms with Crippen LogP contribution in [-0.2, 0) is 6.54 Å². The molecule has 0 atom stereocenters. The van der Waals surface area contributed by atoms with Crippen molar-refractivity contribution < 1.29 is 9.53 Å². The number of benzene rings is 3. The van der Waals surface area contributed by atoms with E-state index in [9.17, 15) is 9.59 Å². The fourth-order valence-corrected chi connectivity index (χ4v) is 5.08. The Labute approximate surface area is 212 Å². The lowest BCUT2D eigenvalue weighted by atomic mass is 10.0. The number of para-hydroxylation sites is 2. The van der Waals surface area contributed by atoms with Gasteiger partial charge in [-0.2, -0.15) is 0 Å². The van der Waals surface area contributed by atoms with Gasteiger partial charge in [-0.1, -0.05) is 80.2 Å². The summed E-state index contributed by atoms with van der Waals surface area (Å²) in [6, 6.07) is 22.7. The van der Waals surface area contributed by atoms with Gasteiger partial charge in [0.1, 0.15) is 5.75 Å². The molecule has 0 spiro atoms. The molecule has 5 rings (SSSR count). The highest BCUT2D eigenvalue weighted by molar-refractivity contribution is 7.99. The van der Waals surface area contributed by atoms with Crippen LogP contribution < -0.4 is 10.3 Å². The van der Waals surface area contributed by atoms with Crippen LogP contribution in [0.15, 0.2) is 82.7 Å². The number of carbonyl (C=O) groups is 1. The summed E-state index contributed by atoms with van der Waals surface area (Å²) in [7, 11) is 1.61. The van der Waals surface area contributed by atoms with Crippen LogP contribution >= 0.6 is 11.8 Å². The van der Waals surface area contributed by atoms with Gasteiger partial charge in [0, 0.05) is 11.1 Å². The molecule has 2 heterocycles. The van der Waals surface area contributed by atoms with E-state index in [1.165, 1.54) is 17.3 Å². The summed E-state index contributed by atoms with van der Waals surface area (Å²) < 4.78 is 8.94. The van der Waals surface area contributed by atoms with Crippen LogP contribution in [0.5, 0.6) is 5.75 Å². The summed E-state index contributed by atoms with van der Waals surface area (Å²) in [4.78, 5) is 26.4. The quantitative estimate of drug-likeness (QED) is 0.216. The number of carbonyl (C=O) groups excluding carboxylic acids is 1. The van der Waals surface area contributed by atoms with Crippen molar-refractivity contribution >= 4 is 34.2 Å². The Morgan fingerprint density at radius 1 is 0.972 bits per heavy atom. The minimum absolute atomic E-state index is 0.0127. The maximum atomic E-state index is 13.5. The Morgan fingerprint density at radius 3 is 2.44 bits per heavy atom. The highest BCUT2D eigenvalue weighted by Crippen LogP contribution is 2.25. The molecule has 0 radical (unpaired) electrons. The van der Waals surface area contributed by atoms with E-state index < -0.39 is 0 Å². The number of rotatable bonds is 8. The van der Waals surface area contributed by atoms with Gasteiger partial charge in [0.25, 0.3) is 5.56 Å². The van der Waals surface area contributed by atoms with E-state index in [1.54, 1.807) is 17.7 Å². The molecular formula is C28H26N4O3S. The summed E-state index contributed by atoms with van der Waals surface area (Å²) in [5.41, 5.74) is 3.27. The van der Waals surface area contributed by atoms with Crippen molar-refractivity contribution in [2.45, 2.75) is 31.5 Å². The highest BCUT2D eigenvalue weighted by Gasteiger charge is 2.19. The molecular weight excluding hydrogens is 472 g/mol. The Kier molecular flexibility index (Phi) is 6.61. The lowest BCUT2D eigenvalue weighted by Gasteiger charge is -2.13. The fourth-order valence-electron chi connectivity index (χ4n) is 4.24. The molecule has 3 aromatic carbocycles. The molecule has 182 valence electrons. The first-order valence-electron chi connectivity index (χ1n) is 11.7. The molecule has 8 heteroatoms. The number of Topliss-reactive ketones (excluding diaryl/α,β-unsaturated/α-hetero) is 1. The topological polar surface area (TPSA) is 78.5 Å². The van der Waals surface area contributed by atoms with E-state index in [1.807, 2.05) is 71.1 Å². The molecule has 0 unspecified atom stereocenters. The van der Waals surface area contributed by atoms with Crippen LogP contribution in [0.3, 0.4) is 0 Å². The molecule has 0 N–H and O–H groups in total. The first-order valence-corrected chi connectivity index (χ1v) is 12.7. The Bertz CT molecular complexity index is 1620. The largest absolute Gasteiger partial charge is 0.496 e. The second-order valence-electron chi connectivity index (χ2n) is 8.83. The zero-order chi connectivity index (χ0) is 25.2. The zero-order valence-corrected chi connectivity index (χ0v) is 21.2. The number of ether oxygens (including phenoxy) is 1. The van der Waals surface area contributed by atoms with Gasteiger partial charge < -0.3 is 4.74 Å². The van der Waals surface area contributed by atoms with Crippen molar-refractivity contribution in [1.82, 2.24) is 19.2 Å². The average Bonchev–Trinajstić information content (AvgIpc) is 3.34. The number of thioether (sulfide) groups is 1. The van der Waals surface area contributed by atoms with E-state index in [4.69, 9.17) is 4.74 Å². The van der Waals surface area contributed by atoms with Crippen molar-refractivity contribution in [3.8, 4) is 5.75 Å². The van der Waals surface area contributed by atoms with Crippen LogP contribution in [0, 0.1) is 0 Å². The lowest BCUT2D eigenvalue weighted by Crippen LogP contribution is -2.24. The van der Waals surface area contributed by atoms with Gasteiger partial charge in [0.05, 0.1) is 30.3 Å². The number of aromatic nitrogens is 4. The number of fused-ring (bicyclic) bond motifs is 3. The maximum absolute atomic E-state index is 13.5. The summed E-state index contributed by atoms with van der Waals surface area (Å²) in [6.07, 6.45) is 0. The standard InChI is InChI=1S/C28H26N4O3S/c1-18(2)19-12-14-20(15-13-19)24(33)17-36-28-30-29-27-31(16-21-8-4-7-11-25(21)35-3)26(34)22-9-5-6-10-23(22)32(27)28/h4-15,18H,16-17H2,1-3H3. The maximum Gasteiger partial charge on any atom is 0.263 e. The predicted molar refractivity (Wildman–Crippen MR) is 142 cm³/mol. The first kappa shape index (κ1) is 23.8. The molecule has 0 amide bonds. The van der Waals surface area contributed by atoms with Crippen LogP contribution in [0.2, 0.25) is 0 Å². The van der Waals surface area contributed by atoms with Crippen molar-refractivity contribution in [1.29, 1.82) is 0 Å². The van der Waals surface area contributed by atoms with Gasteiger partial charge in [-0.05, 0) is 29.7 Å². The first-order chi connectivity index (χ1) is 17.5. The fraction of sp³-hybridized carbons (Fsp3) is 0.214. The van der Waals surface area contributed by atoms with Gasteiger partial charge in [-0.25, -0.2) is 0 Å². The van der Waals surface area contributed by atoms with Gasteiger partial charge in [-0.3, -0.25) is 18.6 Å².